The molecule has 3 rings (SSSR count). The molecule has 0 spiro atoms. The number of H-pyrrole nitrogens is 1. The maximum Gasteiger partial charge on any atom is 0.341 e. The van der Waals surface area contributed by atoms with Crippen molar-refractivity contribution in [1.29, 1.82) is 0 Å². The number of methoxy groups -OCH3 is 1. The van der Waals surface area contributed by atoms with E-state index >= 15 is 0 Å². The molecule has 2 heterocycles. The summed E-state index contributed by atoms with van der Waals surface area (Å²) < 4.78 is 4.89. The van der Waals surface area contributed by atoms with Gasteiger partial charge in [-0.2, -0.15) is 4.98 Å². The third-order valence-corrected chi connectivity index (χ3v) is 5.61. The molecule has 1 aromatic carbocycles. The molecule has 10 heteroatoms. The molecule has 0 radical (unpaired) electrons. The smallest absolute Gasteiger partial charge is 0.341 e. The highest BCUT2D eigenvalue weighted by Gasteiger charge is 2.22. The van der Waals surface area contributed by atoms with Crippen LogP contribution in [0.2, 0.25) is 0 Å². The van der Waals surface area contributed by atoms with Crippen LogP contribution in [0.15, 0.2) is 45.7 Å². The third-order valence-electron chi connectivity index (χ3n) is 3.84. The summed E-state index contributed by atoms with van der Waals surface area (Å²) in [7, 11) is 1.28. The number of esters is 1. The number of rotatable bonds is 6. The number of thioether (sulfide) groups is 1. The van der Waals surface area contributed by atoms with Crippen molar-refractivity contribution in [2.45, 2.75) is 12.1 Å². The summed E-state index contributed by atoms with van der Waals surface area (Å²) in [4.78, 5) is 42.2. The fourth-order valence-electron chi connectivity index (χ4n) is 2.49. The number of aromatic hydroxyl groups is 1. The number of anilines is 1. The van der Waals surface area contributed by atoms with E-state index in [1.165, 1.54) is 18.4 Å². The first-order valence-electron chi connectivity index (χ1n) is 8.37. The summed E-state index contributed by atoms with van der Waals surface area (Å²) in [5.41, 5.74) is 2.36. The predicted molar refractivity (Wildman–Crippen MR) is 112 cm³/mol. The van der Waals surface area contributed by atoms with Gasteiger partial charge in [0.05, 0.1) is 18.9 Å². The van der Waals surface area contributed by atoms with Crippen LogP contribution in [0, 0.1) is 6.92 Å². The summed E-state index contributed by atoms with van der Waals surface area (Å²) in [5, 5.41) is 14.3. The Balaban J connectivity index is 1.79. The number of aryl methyl sites for hydroxylation is 1. The zero-order valence-electron chi connectivity index (χ0n) is 15.5. The quantitative estimate of drug-likeness (QED) is 0.312. The Morgan fingerprint density at radius 2 is 2.03 bits per heavy atom. The van der Waals surface area contributed by atoms with E-state index in [1.807, 2.05) is 31.2 Å². The van der Waals surface area contributed by atoms with Gasteiger partial charge in [-0.3, -0.25) is 9.59 Å². The third kappa shape index (κ3) is 5.04. The van der Waals surface area contributed by atoms with Crippen LogP contribution < -0.4 is 10.9 Å². The number of ether oxygens (including phenoxy) is 1. The number of nitrogens with one attached hydrogen (secondary N) is 2. The monoisotopic (exact) mass is 431 g/mol. The van der Waals surface area contributed by atoms with Crippen molar-refractivity contribution in [1.82, 2.24) is 9.97 Å². The first-order valence-corrected chi connectivity index (χ1v) is 10.2. The van der Waals surface area contributed by atoms with Gasteiger partial charge in [-0.25, -0.2) is 4.79 Å². The molecule has 2 aromatic heterocycles. The molecule has 29 heavy (non-hydrogen) atoms. The van der Waals surface area contributed by atoms with Gasteiger partial charge in [-0.15, -0.1) is 11.3 Å². The SMILES string of the molecule is COC(=O)c1c(-c2ccc(C)cc2)csc1NC(=O)CSc1nc(O)cc(=O)[nH]1. The number of thiophene rings is 1. The van der Waals surface area contributed by atoms with Gasteiger partial charge in [0.15, 0.2) is 5.16 Å². The number of amides is 1. The standard InChI is InChI=1S/C19H17N3O5S2/c1-10-3-5-11(6-4-10)12-8-28-17(16(12)18(26)27-2)20-15(25)9-29-19-21-13(23)7-14(24)22-19/h3-8H,9H2,1-2H3,(H,20,25)(H2,21,22,23,24). The molecule has 0 fully saturated rings. The molecule has 0 aliphatic rings. The van der Waals surface area contributed by atoms with E-state index in [1.54, 1.807) is 5.38 Å². The average molecular weight is 431 g/mol. The highest BCUT2D eigenvalue weighted by molar-refractivity contribution is 7.99. The Morgan fingerprint density at radius 3 is 2.69 bits per heavy atom. The molecular weight excluding hydrogens is 414 g/mol. The van der Waals surface area contributed by atoms with Crippen molar-refractivity contribution in [2.75, 3.05) is 18.2 Å². The van der Waals surface area contributed by atoms with Crippen molar-refractivity contribution in [3.63, 3.8) is 0 Å². The first kappa shape index (κ1) is 20.6. The predicted octanol–water partition coefficient (Wildman–Crippen LogP) is 3.03. The molecule has 0 saturated carbocycles. The van der Waals surface area contributed by atoms with Gasteiger partial charge in [0, 0.05) is 10.9 Å². The molecule has 150 valence electrons. The van der Waals surface area contributed by atoms with Gasteiger partial charge in [-0.05, 0) is 12.5 Å². The molecule has 0 saturated heterocycles. The molecule has 3 N–H and O–H groups in total. The van der Waals surface area contributed by atoms with Crippen LogP contribution in [0.25, 0.3) is 11.1 Å². The lowest BCUT2D eigenvalue weighted by molar-refractivity contribution is -0.113. The van der Waals surface area contributed by atoms with Gasteiger partial charge >= 0.3 is 5.97 Å². The van der Waals surface area contributed by atoms with Gasteiger partial charge < -0.3 is 20.1 Å². The maximum atomic E-state index is 12.3. The molecule has 8 nitrogen and oxygen atoms in total. The first-order chi connectivity index (χ1) is 13.9. The van der Waals surface area contributed by atoms with E-state index in [9.17, 15) is 19.5 Å². The normalized spacial score (nSPS) is 10.6. The van der Waals surface area contributed by atoms with E-state index in [4.69, 9.17) is 4.74 Å². The van der Waals surface area contributed by atoms with Gasteiger partial charge in [0.1, 0.15) is 10.6 Å². The fourth-order valence-corrected chi connectivity index (χ4v) is 4.13. The summed E-state index contributed by atoms with van der Waals surface area (Å²) in [6, 6.07) is 8.60. The number of nitrogens with zero attached hydrogens (tertiary/aromatic N) is 1. The molecule has 0 aliphatic carbocycles. The highest BCUT2D eigenvalue weighted by atomic mass is 32.2. The van der Waals surface area contributed by atoms with Crippen LogP contribution in [-0.2, 0) is 9.53 Å². The number of hydrogen-bond acceptors (Lipinski definition) is 8. The largest absolute Gasteiger partial charge is 0.493 e. The number of aromatic nitrogens is 2. The van der Waals surface area contributed by atoms with E-state index in [2.05, 4.69) is 15.3 Å². The lowest BCUT2D eigenvalue weighted by atomic mass is 10.0. The fraction of sp³-hybridized carbons (Fsp3) is 0.158. The van der Waals surface area contributed by atoms with Gasteiger partial charge in [0.25, 0.3) is 5.56 Å². The lowest BCUT2D eigenvalue weighted by Crippen LogP contribution is -2.16. The van der Waals surface area contributed by atoms with E-state index < -0.39 is 23.3 Å². The number of benzene rings is 1. The molecule has 1 amide bonds. The minimum absolute atomic E-state index is 0.0786. The summed E-state index contributed by atoms with van der Waals surface area (Å²) in [5.74, 6) is -1.46. The Morgan fingerprint density at radius 1 is 1.31 bits per heavy atom. The number of aromatic amines is 1. The van der Waals surface area contributed by atoms with E-state index in [0.29, 0.717) is 10.6 Å². The number of hydrogen-bond donors (Lipinski definition) is 3. The van der Waals surface area contributed by atoms with E-state index in [0.717, 1.165) is 29.0 Å². The molecule has 0 atom stereocenters. The van der Waals surface area contributed by atoms with Crippen LogP contribution in [0.1, 0.15) is 15.9 Å². The Hall–Kier alpha value is -3.11. The van der Waals surface area contributed by atoms with Gasteiger partial charge in [0.2, 0.25) is 11.8 Å². The summed E-state index contributed by atoms with van der Waals surface area (Å²) in [6.45, 7) is 1.97. The second-order valence-corrected chi connectivity index (χ2v) is 7.80. The second-order valence-electron chi connectivity index (χ2n) is 5.96. The van der Waals surface area contributed by atoms with Crippen molar-refractivity contribution >= 4 is 40.0 Å². The van der Waals surface area contributed by atoms with Crippen LogP contribution >= 0.6 is 23.1 Å². The van der Waals surface area contributed by atoms with Gasteiger partial charge in [-0.1, -0.05) is 41.6 Å². The second kappa shape index (κ2) is 8.93. The molecule has 0 bridgehead atoms. The summed E-state index contributed by atoms with van der Waals surface area (Å²) >= 11 is 2.17. The average Bonchev–Trinajstić information content (AvgIpc) is 3.09. The zero-order valence-corrected chi connectivity index (χ0v) is 17.1. The van der Waals surface area contributed by atoms with Crippen molar-refractivity contribution < 1.29 is 19.4 Å². The van der Waals surface area contributed by atoms with E-state index in [-0.39, 0.29) is 16.5 Å². The summed E-state index contributed by atoms with van der Waals surface area (Å²) in [6.07, 6.45) is 0. The van der Waals surface area contributed by atoms with Crippen LogP contribution in [0.3, 0.4) is 0 Å². The van der Waals surface area contributed by atoms with Crippen molar-refractivity contribution in [2.24, 2.45) is 0 Å². The Kier molecular flexibility index (Phi) is 6.35. The Bertz CT molecular complexity index is 1110. The topological polar surface area (TPSA) is 121 Å². The van der Waals surface area contributed by atoms with Crippen molar-refractivity contribution in [3.8, 4) is 17.0 Å². The molecular formula is C19H17N3O5S2. The molecule has 3 aromatic rings. The minimum Gasteiger partial charge on any atom is -0.493 e. The lowest BCUT2D eigenvalue weighted by Gasteiger charge is -2.08. The number of carbonyl (C=O) groups excluding carboxylic acids is 2. The zero-order chi connectivity index (χ0) is 21.0. The maximum absolute atomic E-state index is 12.3. The molecule has 0 aliphatic heterocycles. The highest BCUT2D eigenvalue weighted by Crippen LogP contribution is 2.36. The van der Waals surface area contributed by atoms with Crippen LogP contribution in [-0.4, -0.2) is 39.8 Å². The van der Waals surface area contributed by atoms with Crippen LogP contribution in [0.4, 0.5) is 5.00 Å². The van der Waals surface area contributed by atoms with Crippen molar-refractivity contribution in [3.05, 3.63) is 57.2 Å². The number of carbonyl (C=O) groups is 2. The van der Waals surface area contributed by atoms with Crippen LogP contribution in [0.5, 0.6) is 5.88 Å². The molecule has 0 unspecified atom stereocenters. The minimum atomic E-state index is -0.552. The Labute approximate surface area is 174 Å².